The first-order valence-corrected chi connectivity index (χ1v) is 8.67. The molecule has 0 unspecified atom stereocenters. The average Bonchev–Trinajstić information content (AvgIpc) is 2.97. The number of hydrogen-bond acceptors (Lipinski definition) is 3. The third kappa shape index (κ3) is 2.70. The molecule has 0 aliphatic heterocycles. The van der Waals surface area contributed by atoms with Crippen LogP contribution in [0.1, 0.15) is 18.7 Å². The fourth-order valence-corrected chi connectivity index (χ4v) is 3.91. The first-order valence-electron chi connectivity index (χ1n) is 7.23. The Morgan fingerprint density at radius 3 is 2.29 bits per heavy atom. The molecule has 1 atom stereocenters. The summed E-state index contributed by atoms with van der Waals surface area (Å²) in [6.45, 7) is 1.59. The molecule has 0 bridgehead atoms. The Morgan fingerprint density at radius 1 is 1.04 bits per heavy atom. The molecule has 4 nitrogen and oxygen atoms in total. The van der Waals surface area contributed by atoms with E-state index in [1.165, 1.54) is 7.05 Å². The molecule has 7 heteroatoms. The van der Waals surface area contributed by atoms with Gasteiger partial charge in [-0.2, -0.15) is 4.31 Å². The molecule has 0 spiro atoms. The predicted molar refractivity (Wildman–Crippen MR) is 85.9 cm³/mol. The molecule has 0 aliphatic rings. The lowest BCUT2D eigenvalue weighted by molar-refractivity contribution is 0.344. The lowest BCUT2D eigenvalue weighted by atomic mass is 10.2. The van der Waals surface area contributed by atoms with Gasteiger partial charge in [0.25, 0.3) is 0 Å². The van der Waals surface area contributed by atoms with Crippen molar-refractivity contribution in [2.45, 2.75) is 17.9 Å². The Kier molecular flexibility index (Phi) is 4.15. The average molecular weight is 351 g/mol. The van der Waals surface area contributed by atoms with E-state index >= 15 is 0 Å². The summed E-state index contributed by atoms with van der Waals surface area (Å²) >= 11 is 0. The molecule has 0 N–H and O–H groups in total. The normalized spacial score (nSPS) is 13.5. The van der Waals surface area contributed by atoms with Crippen LogP contribution >= 0.6 is 0 Å². The van der Waals surface area contributed by atoms with Crippen LogP contribution in [0.2, 0.25) is 0 Å². The predicted octanol–water partition coefficient (Wildman–Crippen LogP) is 4.09. The molecule has 3 aromatic rings. The van der Waals surface area contributed by atoms with Gasteiger partial charge in [-0.15, -0.1) is 0 Å². The Hall–Kier alpha value is -2.25. The lowest BCUT2D eigenvalue weighted by Gasteiger charge is -2.23. The van der Waals surface area contributed by atoms with Crippen LogP contribution in [-0.2, 0) is 10.0 Å². The highest BCUT2D eigenvalue weighted by molar-refractivity contribution is 7.89. The standard InChI is InChI=1S/C17H15F2NO3S/c1-11(16-10-12-6-3-4-9-15(12)23-16)20(2)24(21,22)17-13(18)7-5-8-14(17)19/h3-11H,1-2H3/t11-/m0/s1. The van der Waals surface area contributed by atoms with Gasteiger partial charge in [-0.05, 0) is 31.2 Å². The maximum Gasteiger partial charge on any atom is 0.249 e. The van der Waals surface area contributed by atoms with Crippen LogP contribution in [0.4, 0.5) is 8.78 Å². The second-order valence-electron chi connectivity index (χ2n) is 5.43. The molecular weight excluding hydrogens is 336 g/mol. The zero-order valence-corrected chi connectivity index (χ0v) is 13.8. The zero-order chi connectivity index (χ0) is 17.5. The van der Waals surface area contributed by atoms with E-state index in [0.29, 0.717) is 11.3 Å². The first-order chi connectivity index (χ1) is 11.3. The minimum atomic E-state index is -4.36. The highest BCUT2D eigenvalue weighted by Gasteiger charge is 2.33. The Labute approximate surface area is 138 Å². The summed E-state index contributed by atoms with van der Waals surface area (Å²) in [5, 5.41) is 0.822. The summed E-state index contributed by atoms with van der Waals surface area (Å²) in [6.07, 6.45) is 0. The van der Waals surface area contributed by atoms with Gasteiger partial charge in [0.05, 0.1) is 6.04 Å². The van der Waals surface area contributed by atoms with E-state index in [4.69, 9.17) is 4.42 Å². The van der Waals surface area contributed by atoms with Crippen LogP contribution in [0, 0.1) is 11.6 Å². The molecule has 1 heterocycles. The van der Waals surface area contributed by atoms with Crippen molar-refractivity contribution in [2.24, 2.45) is 0 Å². The topological polar surface area (TPSA) is 50.5 Å². The highest BCUT2D eigenvalue weighted by atomic mass is 32.2. The van der Waals surface area contributed by atoms with Gasteiger partial charge in [0, 0.05) is 12.4 Å². The number of fused-ring (bicyclic) bond motifs is 1. The van der Waals surface area contributed by atoms with Crippen molar-refractivity contribution < 1.29 is 21.6 Å². The van der Waals surface area contributed by atoms with Gasteiger partial charge in [0.15, 0.2) is 4.90 Å². The van der Waals surface area contributed by atoms with E-state index < -0.39 is 32.6 Å². The number of sulfonamides is 1. The van der Waals surface area contributed by atoms with Crippen LogP contribution < -0.4 is 0 Å². The third-order valence-corrected chi connectivity index (χ3v) is 5.94. The summed E-state index contributed by atoms with van der Waals surface area (Å²) in [5.74, 6) is -1.86. The molecule has 0 aliphatic carbocycles. The minimum Gasteiger partial charge on any atom is -0.459 e. The lowest BCUT2D eigenvalue weighted by Crippen LogP contribution is -2.31. The molecule has 0 saturated heterocycles. The van der Waals surface area contributed by atoms with E-state index in [-0.39, 0.29) is 0 Å². The van der Waals surface area contributed by atoms with Crippen molar-refractivity contribution in [3.8, 4) is 0 Å². The first kappa shape index (κ1) is 16.6. The van der Waals surface area contributed by atoms with Gasteiger partial charge >= 0.3 is 0 Å². The zero-order valence-electron chi connectivity index (χ0n) is 13.0. The number of rotatable bonds is 4. The Balaban J connectivity index is 2.02. The number of para-hydroxylation sites is 1. The molecule has 0 fully saturated rings. The summed E-state index contributed by atoms with van der Waals surface area (Å²) in [5.41, 5.74) is 0.613. The molecule has 126 valence electrons. The van der Waals surface area contributed by atoms with Gasteiger partial charge in [-0.25, -0.2) is 17.2 Å². The fourth-order valence-electron chi connectivity index (χ4n) is 2.47. The van der Waals surface area contributed by atoms with Gasteiger partial charge in [0.2, 0.25) is 10.0 Å². The summed E-state index contributed by atoms with van der Waals surface area (Å²) in [7, 11) is -3.10. The summed E-state index contributed by atoms with van der Waals surface area (Å²) < 4.78 is 59.5. The summed E-state index contributed by atoms with van der Waals surface area (Å²) in [6, 6.07) is 11.1. The molecule has 0 saturated carbocycles. The van der Waals surface area contributed by atoms with Crippen molar-refractivity contribution in [3.05, 3.63) is 65.9 Å². The van der Waals surface area contributed by atoms with Crippen molar-refractivity contribution in [3.63, 3.8) is 0 Å². The van der Waals surface area contributed by atoms with E-state index in [9.17, 15) is 17.2 Å². The second kappa shape index (κ2) is 5.99. The number of hydrogen-bond donors (Lipinski definition) is 0. The van der Waals surface area contributed by atoms with Gasteiger partial charge in [-0.1, -0.05) is 24.3 Å². The molecule has 2 aromatic carbocycles. The minimum absolute atomic E-state index is 0.388. The largest absolute Gasteiger partial charge is 0.459 e. The quantitative estimate of drug-likeness (QED) is 0.711. The molecule has 24 heavy (non-hydrogen) atoms. The van der Waals surface area contributed by atoms with Crippen molar-refractivity contribution in [1.29, 1.82) is 0 Å². The van der Waals surface area contributed by atoms with Gasteiger partial charge in [0.1, 0.15) is 23.0 Å². The molecular formula is C17H15F2NO3S. The van der Waals surface area contributed by atoms with E-state index in [1.807, 2.05) is 12.1 Å². The summed E-state index contributed by atoms with van der Waals surface area (Å²) in [4.78, 5) is -0.963. The van der Waals surface area contributed by atoms with Crippen LogP contribution in [0.5, 0.6) is 0 Å². The maximum absolute atomic E-state index is 13.9. The molecule has 0 amide bonds. The monoisotopic (exact) mass is 351 g/mol. The van der Waals surface area contributed by atoms with Crippen LogP contribution in [0.15, 0.2) is 57.8 Å². The molecule has 1 aromatic heterocycles. The van der Waals surface area contributed by atoms with Crippen molar-refractivity contribution >= 4 is 21.0 Å². The van der Waals surface area contributed by atoms with E-state index in [0.717, 1.165) is 27.9 Å². The third-order valence-electron chi connectivity index (χ3n) is 3.96. The Bertz CT molecular complexity index is 945. The van der Waals surface area contributed by atoms with Crippen LogP contribution in [-0.4, -0.2) is 19.8 Å². The molecule has 3 rings (SSSR count). The maximum atomic E-state index is 13.9. The highest BCUT2D eigenvalue weighted by Crippen LogP contribution is 2.31. The van der Waals surface area contributed by atoms with Crippen molar-refractivity contribution in [2.75, 3.05) is 7.05 Å². The number of nitrogens with zero attached hydrogens (tertiary/aromatic N) is 1. The van der Waals surface area contributed by atoms with Gasteiger partial charge < -0.3 is 4.42 Å². The SMILES string of the molecule is C[C@@H](c1cc2ccccc2o1)N(C)S(=O)(=O)c1c(F)cccc1F. The number of halogens is 2. The molecule has 0 radical (unpaired) electrons. The van der Waals surface area contributed by atoms with Crippen molar-refractivity contribution in [1.82, 2.24) is 4.31 Å². The fraction of sp³-hybridized carbons (Fsp3) is 0.176. The van der Waals surface area contributed by atoms with Gasteiger partial charge in [-0.3, -0.25) is 0 Å². The Morgan fingerprint density at radius 2 is 1.67 bits per heavy atom. The smallest absolute Gasteiger partial charge is 0.249 e. The van der Waals surface area contributed by atoms with Crippen LogP contribution in [0.3, 0.4) is 0 Å². The number of furan rings is 1. The van der Waals surface area contributed by atoms with Crippen LogP contribution in [0.25, 0.3) is 11.0 Å². The van der Waals surface area contributed by atoms with E-state index in [1.54, 1.807) is 25.1 Å². The second-order valence-corrected chi connectivity index (χ2v) is 7.37. The number of benzene rings is 2. The van der Waals surface area contributed by atoms with E-state index in [2.05, 4.69) is 0 Å².